The Kier molecular flexibility index (Phi) is 5.02. The highest BCUT2D eigenvalue weighted by Gasteiger charge is 2.19. The molecule has 146 valence electrons. The number of hydrogen-bond donors (Lipinski definition) is 0. The van der Waals surface area contributed by atoms with E-state index in [1.54, 1.807) is 0 Å². The summed E-state index contributed by atoms with van der Waals surface area (Å²) in [4.78, 5) is 0. The first-order valence-corrected chi connectivity index (χ1v) is 10.5. The van der Waals surface area contributed by atoms with Gasteiger partial charge in [-0.15, -0.1) is 20.4 Å². The van der Waals surface area contributed by atoms with E-state index in [4.69, 9.17) is 8.83 Å². The van der Waals surface area contributed by atoms with Crippen LogP contribution < -0.4 is 0 Å². The Bertz CT molecular complexity index is 1210. The molecule has 0 saturated heterocycles. The highest BCUT2D eigenvalue weighted by Crippen LogP contribution is 2.33. The standard InChI is InChI=1S/C22H12Br2N4O2/c23-15-9-5-13(6-10-15)19-25-27-21(29-19)17-3-1-2-4-18(17)22-28-26-20(30-22)14-7-11-16(24)12-8-14/h1-12H. The van der Waals surface area contributed by atoms with Gasteiger partial charge in [0.05, 0.1) is 11.1 Å². The molecule has 6 nitrogen and oxygen atoms in total. The summed E-state index contributed by atoms with van der Waals surface area (Å²) in [7, 11) is 0. The van der Waals surface area contributed by atoms with E-state index in [-0.39, 0.29) is 0 Å². The van der Waals surface area contributed by atoms with Crippen molar-refractivity contribution in [3.8, 4) is 45.8 Å². The highest BCUT2D eigenvalue weighted by atomic mass is 79.9. The fraction of sp³-hybridized carbons (Fsp3) is 0. The van der Waals surface area contributed by atoms with Gasteiger partial charge in [-0.2, -0.15) is 0 Å². The van der Waals surface area contributed by atoms with Crippen molar-refractivity contribution >= 4 is 31.9 Å². The van der Waals surface area contributed by atoms with Gasteiger partial charge in [-0.25, -0.2) is 0 Å². The van der Waals surface area contributed by atoms with E-state index in [0.717, 1.165) is 31.2 Å². The molecule has 0 fully saturated rings. The van der Waals surface area contributed by atoms with Crippen molar-refractivity contribution in [1.29, 1.82) is 0 Å². The monoisotopic (exact) mass is 522 g/mol. The Morgan fingerprint density at radius 1 is 0.467 bits per heavy atom. The number of halogens is 2. The molecule has 0 radical (unpaired) electrons. The van der Waals surface area contributed by atoms with E-state index in [0.29, 0.717) is 23.6 Å². The van der Waals surface area contributed by atoms with Gasteiger partial charge in [0.25, 0.3) is 0 Å². The lowest BCUT2D eigenvalue weighted by molar-refractivity contribution is 0.577. The third kappa shape index (κ3) is 3.71. The molecular formula is C22H12Br2N4O2. The van der Waals surface area contributed by atoms with Gasteiger partial charge in [-0.3, -0.25) is 0 Å². The van der Waals surface area contributed by atoms with Crippen LogP contribution in [0.15, 0.2) is 90.6 Å². The molecule has 0 saturated carbocycles. The van der Waals surface area contributed by atoms with Crippen molar-refractivity contribution in [3.05, 3.63) is 81.7 Å². The number of benzene rings is 3. The van der Waals surface area contributed by atoms with Gasteiger partial charge in [0.1, 0.15) is 0 Å². The van der Waals surface area contributed by atoms with Crippen LogP contribution in [-0.4, -0.2) is 20.4 Å². The summed E-state index contributed by atoms with van der Waals surface area (Å²) in [6, 6.07) is 22.9. The fourth-order valence-corrected chi connectivity index (χ4v) is 3.47. The Labute approximate surface area is 188 Å². The van der Waals surface area contributed by atoms with Crippen LogP contribution in [0.1, 0.15) is 0 Å². The maximum atomic E-state index is 5.93. The highest BCUT2D eigenvalue weighted by molar-refractivity contribution is 9.10. The minimum Gasteiger partial charge on any atom is -0.416 e. The van der Waals surface area contributed by atoms with Crippen LogP contribution in [0, 0.1) is 0 Å². The van der Waals surface area contributed by atoms with Gasteiger partial charge in [0, 0.05) is 20.1 Å². The lowest BCUT2D eigenvalue weighted by Crippen LogP contribution is -1.85. The molecule has 2 heterocycles. The van der Waals surface area contributed by atoms with E-state index < -0.39 is 0 Å². The second-order valence-electron chi connectivity index (χ2n) is 6.38. The number of hydrogen-bond acceptors (Lipinski definition) is 6. The summed E-state index contributed by atoms with van der Waals surface area (Å²) < 4.78 is 13.8. The van der Waals surface area contributed by atoms with Gasteiger partial charge in [-0.05, 0) is 60.7 Å². The van der Waals surface area contributed by atoms with E-state index in [2.05, 4.69) is 52.3 Å². The first kappa shape index (κ1) is 18.9. The zero-order valence-electron chi connectivity index (χ0n) is 15.3. The van der Waals surface area contributed by atoms with Crippen LogP contribution >= 0.6 is 31.9 Å². The number of rotatable bonds is 4. The Hall–Kier alpha value is -3.10. The number of nitrogens with zero attached hydrogens (tertiary/aromatic N) is 4. The van der Waals surface area contributed by atoms with Gasteiger partial charge in [-0.1, -0.05) is 44.0 Å². The zero-order valence-corrected chi connectivity index (χ0v) is 18.5. The summed E-state index contributed by atoms with van der Waals surface area (Å²) in [5.74, 6) is 1.64. The topological polar surface area (TPSA) is 77.8 Å². The van der Waals surface area contributed by atoms with Crippen molar-refractivity contribution in [2.75, 3.05) is 0 Å². The molecule has 0 atom stereocenters. The third-order valence-corrected chi connectivity index (χ3v) is 5.48. The molecule has 0 unspecified atom stereocenters. The van der Waals surface area contributed by atoms with E-state index in [1.165, 1.54) is 0 Å². The predicted octanol–water partition coefficient (Wildman–Crippen LogP) is 6.65. The average Bonchev–Trinajstić information content (AvgIpc) is 3.45. The van der Waals surface area contributed by atoms with Crippen molar-refractivity contribution in [3.63, 3.8) is 0 Å². The second-order valence-corrected chi connectivity index (χ2v) is 8.22. The van der Waals surface area contributed by atoms with E-state index in [9.17, 15) is 0 Å². The summed E-state index contributed by atoms with van der Waals surface area (Å²) in [5.41, 5.74) is 3.12. The molecule has 3 aromatic carbocycles. The third-order valence-electron chi connectivity index (χ3n) is 4.42. The molecule has 8 heteroatoms. The largest absolute Gasteiger partial charge is 0.416 e. The summed E-state index contributed by atoms with van der Waals surface area (Å²) in [6.07, 6.45) is 0. The van der Waals surface area contributed by atoms with Crippen molar-refractivity contribution in [2.45, 2.75) is 0 Å². The quantitative estimate of drug-likeness (QED) is 0.262. The smallest absolute Gasteiger partial charge is 0.248 e. The van der Waals surface area contributed by atoms with E-state index >= 15 is 0 Å². The minimum absolute atomic E-state index is 0.381. The molecule has 2 aromatic heterocycles. The van der Waals surface area contributed by atoms with Gasteiger partial charge in [0.15, 0.2) is 0 Å². The molecule has 0 bridgehead atoms. The van der Waals surface area contributed by atoms with Crippen LogP contribution in [0.3, 0.4) is 0 Å². The van der Waals surface area contributed by atoms with Crippen LogP contribution in [-0.2, 0) is 0 Å². The van der Waals surface area contributed by atoms with Gasteiger partial charge < -0.3 is 8.83 Å². The molecule has 0 aliphatic rings. The average molecular weight is 524 g/mol. The van der Waals surface area contributed by atoms with Crippen molar-refractivity contribution < 1.29 is 8.83 Å². The minimum atomic E-state index is 0.381. The molecule has 0 spiro atoms. The van der Waals surface area contributed by atoms with Crippen molar-refractivity contribution in [2.24, 2.45) is 0 Å². The molecule has 0 aliphatic heterocycles. The zero-order chi connectivity index (χ0) is 20.5. The molecule has 5 aromatic rings. The van der Waals surface area contributed by atoms with E-state index in [1.807, 2.05) is 72.8 Å². The molecule has 30 heavy (non-hydrogen) atoms. The first-order valence-electron chi connectivity index (χ1n) is 8.96. The predicted molar refractivity (Wildman–Crippen MR) is 119 cm³/mol. The normalized spacial score (nSPS) is 11.0. The Morgan fingerprint density at radius 3 is 1.23 bits per heavy atom. The maximum absolute atomic E-state index is 5.93. The molecule has 0 N–H and O–H groups in total. The molecule has 5 rings (SSSR count). The summed E-state index contributed by atoms with van der Waals surface area (Å²) in [5, 5.41) is 16.8. The Morgan fingerprint density at radius 2 is 0.833 bits per heavy atom. The lowest BCUT2D eigenvalue weighted by Gasteiger charge is -2.01. The van der Waals surface area contributed by atoms with Crippen LogP contribution in [0.4, 0.5) is 0 Å². The maximum Gasteiger partial charge on any atom is 0.248 e. The van der Waals surface area contributed by atoms with Crippen LogP contribution in [0.5, 0.6) is 0 Å². The molecule has 0 aliphatic carbocycles. The van der Waals surface area contributed by atoms with Crippen molar-refractivity contribution in [1.82, 2.24) is 20.4 Å². The molecule has 0 amide bonds. The molecular weight excluding hydrogens is 512 g/mol. The van der Waals surface area contributed by atoms with Gasteiger partial charge >= 0.3 is 0 Å². The van der Waals surface area contributed by atoms with Gasteiger partial charge in [0.2, 0.25) is 23.6 Å². The first-order chi connectivity index (χ1) is 14.7. The van der Waals surface area contributed by atoms with Crippen LogP contribution in [0.2, 0.25) is 0 Å². The second kappa shape index (κ2) is 7.97. The Balaban J connectivity index is 1.51. The lowest BCUT2D eigenvalue weighted by atomic mass is 10.1. The fourth-order valence-electron chi connectivity index (χ4n) is 2.94. The SMILES string of the molecule is Brc1ccc(-c2nnc(-c3ccccc3-c3nnc(-c4ccc(Br)cc4)o3)o2)cc1. The van der Waals surface area contributed by atoms with Crippen LogP contribution in [0.25, 0.3) is 45.8 Å². The number of aromatic nitrogens is 4. The summed E-state index contributed by atoms with van der Waals surface area (Å²) >= 11 is 6.85. The summed E-state index contributed by atoms with van der Waals surface area (Å²) in [6.45, 7) is 0.